The number of ether oxygens (including phenoxy) is 1. The van der Waals surface area contributed by atoms with Crippen molar-refractivity contribution >= 4 is 40.3 Å². The Hall–Kier alpha value is -3.85. The van der Waals surface area contributed by atoms with Crippen LogP contribution >= 0.6 is 11.8 Å². The first kappa shape index (κ1) is 20.4. The zero-order valence-corrected chi connectivity index (χ0v) is 17.5. The third-order valence-corrected chi connectivity index (χ3v) is 5.60. The van der Waals surface area contributed by atoms with Gasteiger partial charge in [-0.15, -0.1) is 0 Å². The quantitative estimate of drug-likeness (QED) is 0.314. The normalized spacial score (nSPS) is 16.3. The van der Waals surface area contributed by atoms with Gasteiger partial charge in [-0.2, -0.15) is 0 Å². The van der Waals surface area contributed by atoms with Gasteiger partial charge in [0, 0.05) is 25.3 Å². The zero-order valence-electron chi connectivity index (χ0n) is 16.6. The van der Waals surface area contributed by atoms with Gasteiger partial charge in [-0.3, -0.25) is 19.8 Å². The molecule has 0 unspecified atom stereocenters. The maximum atomic E-state index is 12.6. The Bertz CT molecular complexity index is 1220. The summed E-state index contributed by atoms with van der Waals surface area (Å²) in [6, 6.07) is 17.0. The summed E-state index contributed by atoms with van der Waals surface area (Å²) >= 11 is 1.25. The Balaban J connectivity index is 1.63. The lowest BCUT2D eigenvalue weighted by Crippen LogP contribution is -2.23. The van der Waals surface area contributed by atoms with Gasteiger partial charge in [0.25, 0.3) is 11.6 Å². The van der Waals surface area contributed by atoms with Crippen LogP contribution in [0.2, 0.25) is 0 Å². The Labute approximate surface area is 182 Å². The number of para-hydroxylation sites is 1. The summed E-state index contributed by atoms with van der Waals surface area (Å²) in [6.07, 6.45) is 1.63. The molecule has 0 atom stereocenters. The minimum Gasteiger partial charge on any atom is -0.496 e. The van der Waals surface area contributed by atoms with Gasteiger partial charge in [0.1, 0.15) is 17.3 Å². The van der Waals surface area contributed by atoms with Crippen LogP contribution in [0.3, 0.4) is 0 Å². The molecule has 156 valence electrons. The molecule has 8 nitrogen and oxygen atoms in total. The van der Waals surface area contributed by atoms with Gasteiger partial charge in [-0.1, -0.05) is 18.2 Å². The smallest absolute Gasteiger partial charge is 0.270 e. The maximum absolute atomic E-state index is 12.6. The second kappa shape index (κ2) is 8.49. The monoisotopic (exact) mass is 435 g/mol. The van der Waals surface area contributed by atoms with E-state index in [0.717, 1.165) is 5.69 Å². The third-order valence-electron chi connectivity index (χ3n) is 4.54. The minimum absolute atomic E-state index is 0.0722. The summed E-state index contributed by atoms with van der Waals surface area (Å²) in [6.45, 7) is 0. The van der Waals surface area contributed by atoms with Crippen molar-refractivity contribution < 1.29 is 18.9 Å². The fraction of sp³-hybridized carbons (Fsp3) is 0.0909. The summed E-state index contributed by atoms with van der Waals surface area (Å²) < 4.78 is 11.1. The van der Waals surface area contributed by atoms with Gasteiger partial charge in [-0.05, 0) is 42.1 Å². The lowest BCUT2D eigenvalue weighted by Gasteiger charge is -2.06. The SMILES string of the molecule is COc1ccc([N+](=O)[O-])cc1-c1ccc(/C=C2/SC(=Nc3ccccc3)N(C)C2=O)o1. The number of amides is 1. The number of aliphatic imine (C=N–C) groups is 1. The Morgan fingerprint density at radius 1 is 1.16 bits per heavy atom. The van der Waals surface area contributed by atoms with Crippen molar-refractivity contribution in [2.24, 2.45) is 4.99 Å². The number of hydrogen-bond donors (Lipinski definition) is 0. The fourth-order valence-corrected chi connectivity index (χ4v) is 3.94. The standard InChI is InChI=1S/C22H17N3O5S/c1-24-21(26)20(31-22(24)23-14-6-4-3-5-7-14)13-16-9-11-19(30-16)17-12-15(25(27)28)8-10-18(17)29-2/h3-13H,1-2H3/b20-13+,23-22?. The second-order valence-electron chi connectivity index (χ2n) is 6.55. The molecule has 1 fully saturated rings. The molecule has 9 heteroatoms. The van der Waals surface area contributed by atoms with Crippen molar-refractivity contribution in [2.45, 2.75) is 0 Å². The first-order valence-electron chi connectivity index (χ1n) is 9.20. The second-order valence-corrected chi connectivity index (χ2v) is 7.56. The number of nitro groups is 1. The molecule has 31 heavy (non-hydrogen) atoms. The van der Waals surface area contributed by atoms with Gasteiger partial charge >= 0.3 is 0 Å². The molecule has 0 spiro atoms. The molecule has 2 aromatic carbocycles. The topological polar surface area (TPSA) is 98.2 Å². The number of carbonyl (C=O) groups is 1. The van der Waals surface area contributed by atoms with Crippen LogP contribution in [0.4, 0.5) is 11.4 Å². The molecule has 2 heterocycles. The average molecular weight is 435 g/mol. The van der Waals surface area contributed by atoms with E-state index in [1.54, 1.807) is 25.3 Å². The number of nitrogens with zero attached hydrogens (tertiary/aromatic N) is 3. The van der Waals surface area contributed by atoms with Crippen LogP contribution in [-0.2, 0) is 4.79 Å². The molecule has 0 N–H and O–H groups in total. The summed E-state index contributed by atoms with van der Waals surface area (Å²) in [5, 5.41) is 11.7. The molecule has 0 bridgehead atoms. The Morgan fingerprint density at radius 2 is 1.94 bits per heavy atom. The summed E-state index contributed by atoms with van der Waals surface area (Å²) in [4.78, 5) is 29.7. The number of hydrogen-bond acceptors (Lipinski definition) is 7. The van der Waals surface area contributed by atoms with Gasteiger partial charge in [0.2, 0.25) is 0 Å². The highest BCUT2D eigenvalue weighted by Gasteiger charge is 2.30. The van der Waals surface area contributed by atoms with Crippen molar-refractivity contribution in [3.63, 3.8) is 0 Å². The maximum Gasteiger partial charge on any atom is 0.270 e. The van der Waals surface area contributed by atoms with E-state index in [1.807, 2.05) is 30.3 Å². The number of rotatable bonds is 5. The van der Waals surface area contributed by atoms with Gasteiger partial charge < -0.3 is 9.15 Å². The van der Waals surface area contributed by atoms with Crippen LogP contribution in [0.25, 0.3) is 17.4 Å². The lowest BCUT2D eigenvalue weighted by atomic mass is 10.1. The molecule has 1 aromatic heterocycles. The van der Waals surface area contributed by atoms with E-state index in [1.165, 1.54) is 42.0 Å². The van der Waals surface area contributed by atoms with E-state index in [0.29, 0.717) is 32.9 Å². The third kappa shape index (κ3) is 4.22. The van der Waals surface area contributed by atoms with Crippen LogP contribution in [0.5, 0.6) is 5.75 Å². The molecule has 1 amide bonds. The Morgan fingerprint density at radius 3 is 2.65 bits per heavy atom. The van der Waals surface area contributed by atoms with Crippen LogP contribution in [0, 0.1) is 10.1 Å². The molecule has 0 saturated carbocycles. The van der Waals surface area contributed by atoms with Gasteiger partial charge in [-0.25, -0.2) is 4.99 Å². The number of carbonyl (C=O) groups excluding carboxylic acids is 1. The number of nitro benzene ring substituents is 1. The largest absolute Gasteiger partial charge is 0.496 e. The van der Waals surface area contributed by atoms with Crippen LogP contribution in [0.1, 0.15) is 5.76 Å². The highest BCUT2D eigenvalue weighted by Crippen LogP contribution is 2.37. The molecule has 1 saturated heterocycles. The molecular formula is C22H17N3O5S. The summed E-state index contributed by atoms with van der Waals surface area (Å²) in [5.41, 5.74) is 1.14. The predicted octanol–water partition coefficient (Wildman–Crippen LogP) is 5.10. The van der Waals surface area contributed by atoms with Crippen LogP contribution in [-0.4, -0.2) is 35.1 Å². The van der Waals surface area contributed by atoms with Gasteiger partial charge in [0.15, 0.2) is 5.17 Å². The van der Waals surface area contributed by atoms with Crippen molar-refractivity contribution in [3.05, 3.63) is 81.4 Å². The molecule has 0 radical (unpaired) electrons. The molecule has 3 aromatic rings. The van der Waals surface area contributed by atoms with Crippen molar-refractivity contribution in [1.82, 2.24) is 4.90 Å². The first-order valence-corrected chi connectivity index (χ1v) is 10.0. The van der Waals surface area contributed by atoms with Crippen LogP contribution in [0.15, 0.2) is 75.0 Å². The minimum atomic E-state index is -0.480. The van der Waals surface area contributed by atoms with E-state index in [-0.39, 0.29) is 11.6 Å². The number of thioether (sulfide) groups is 1. The molecule has 4 rings (SSSR count). The number of non-ortho nitro benzene ring substituents is 1. The highest BCUT2D eigenvalue weighted by molar-refractivity contribution is 8.18. The Kier molecular flexibility index (Phi) is 5.59. The number of likely N-dealkylation sites (N-methyl/N-ethyl adjacent to an activating group) is 1. The summed E-state index contributed by atoms with van der Waals surface area (Å²) in [7, 11) is 3.15. The van der Waals surface area contributed by atoms with Gasteiger partial charge in [0.05, 0.1) is 28.2 Å². The van der Waals surface area contributed by atoms with E-state index < -0.39 is 4.92 Å². The molecule has 0 aliphatic carbocycles. The predicted molar refractivity (Wildman–Crippen MR) is 119 cm³/mol. The number of methoxy groups -OCH3 is 1. The van der Waals surface area contributed by atoms with E-state index in [9.17, 15) is 14.9 Å². The number of amidine groups is 1. The molecule has 1 aliphatic heterocycles. The first-order chi connectivity index (χ1) is 15.0. The van der Waals surface area contributed by atoms with Crippen molar-refractivity contribution in [1.29, 1.82) is 0 Å². The average Bonchev–Trinajstić information content (AvgIpc) is 3.35. The molecule has 1 aliphatic rings. The lowest BCUT2D eigenvalue weighted by molar-refractivity contribution is -0.384. The number of benzene rings is 2. The summed E-state index contributed by atoms with van der Waals surface area (Å²) in [5.74, 6) is 1.09. The van der Waals surface area contributed by atoms with Crippen LogP contribution < -0.4 is 4.74 Å². The van der Waals surface area contributed by atoms with Crippen molar-refractivity contribution in [2.75, 3.05) is 14.2 Å². The van der Waals surface area contributed by atoms with Crippen molar-refractivity contribution in [3.8, 4) is 17.1 Å². The van der Waals surface area contributed by atoms with E-state index in [4.69, 9.17) is 9.15 Å². The fourth-order valence-electron chi connectivity index (χ4n) is 2.97. The van der Waals surface area contributed by atoms with E-state index >= 15 is 0 Å². The molecular weight excluding hydrogens is 418 g/mol. The zero-order chi connectivity index (χ0) is 22.0. The van der Waals surface area contributed by atoms with E-state index in [2.05, 4.69) is 4.99 Å². The number of furan rings is 1. The highest BCUT2D eigenvalue weighted by atomic mass is 32.2.